The van der Waals surface area contributed by atoms with E-state index in [1.165, 1.54) is 54.6 Å². The molecule has 1 aliphatic heterocycles. The van der Waals surface area contributed by atoms with Gasteiger partial charge in [-0.1, -0.05) is 48.0 Å². The van der Waals surface area contributed by atoms with Gasteiger partial charge in [0.1, 0.15) is 11.4 Å². The Morgan fingerprint density at radius 1 is 1.00 bits per heavy atom. The molecular weight excluding hydrogens is 507 g/mol. The molecular formula is C28H39IN2O. The molecule has 2 aromatic carbocycles. The van der Waals surface area contributed by atoms with E-state index in [1.807, 2.05) is 13.0 Å². The normalized spacial score (nSPS) is 13.8. The second kappa shape index (κ2) is 13.7. The zero-order valence-electron chi connectivity index (χ0n) is 20.2. The summed E-state index contributed by atoms with van der Waals surface area (Å²) in [6, 6.07) is 12.9. The fraction of sp³-hybridized carbons (Fsp3) is 0.464. The van der Waals surface area contributed by atoms with Crippen LogP contribution in [0.2, 0.25) is 0 Å². The van der Waals surface area contributed by atoms with Crippen LogP contribution in [0.1, 0.15) is 61.3 Å². The molecule has 0 fully saturated rings. The van der Waals surface area contributed by atoms with E-state index in [1.54, 1.807) is 0 Å². The molecule has 0 N–H and O–H groups in total. The van der Waals surface area contributed by atoms with Crippen LogP contribution in [0.4, 0.5) is 5.69 Å². The Labute approximate surface area is 212 Å². The van der Waals surface area contributed by atoms with E-state index in [2.05, 4.69) is 79.1 Å². The summed E-state index contributed by atoms with van der Waals surface area (Å²) in [4.78, 5) is 2.46. The minimum Gasteiger partial charge on any atom is -1.00 e. The minimum atomic E-state index is 0. The van der Waals surface area contributed by atoms with E-state index in [0.29, 0.717) is 0 Å². The molecule has 32 heavy (non-hydrogen) atoms. The Morgan fingerprint density at radius 2 is 1.72 bits per heavy atom. The number of aryl methyl sites for hydroxylation is 3. The van der Waals surface area contributed by atoms with Gasteiger partial charge >= 0.3 is 0 Å². The van der Waals surface area contributed by atoms with Crippen LogP contribution in [-0.4, -0.2) is 37.2 Å². The van der Waals surface area contributed by atoms with Gasteiger partial charge in [0.25, 0.3) is 0 Å². The van der Waals surface area contributed by atoms with Crippen LogP contribution < -0.4 is 33.6 Å². The van der Waals surface area contributed by atoms with Gasteiger partial charge in [0.2, 0.25) is 6.34 Å². The number of hydrogen-bond donors (Lipinski definition) is 0. The third-order valence-corrected chi connectivity index (χ3v) is 5.93. The lowest BCUT2D eigenvalue weighted by atomic mass is 10.0. The smallest absolute Gasteiger partial charge is 0.239 e. The van der Waals surface area contributed by atoms with Crippen molar-refractivity contribution in [2.45, 2.75) is 59.8 Å². The van der Waals surface area contributed by atoms with Crippen LogP contribution in [0.5, 0.6) is 5.75 Å². The maximum absolute atomic E-state index is 6.01. The molecule has 0 spiro atoms. The zero-order chi connectivity index (χ0) is 22.1. The summed E-state index contributed by atoms with van der Waals surface area (Å²) in [5.74, 6) is 0.991. The van der Waals surface area contributed by atoms with Crippen molar-refractivity contribution in [1.82, 2.24) is 0 Å². The second-order valence-electron chi connectivity index (χ2n) is 8.75. The molecule has 0 aromatic heterocycles. The van der Waals surface area contributed by atoms with Gasteiger partial charge in [-0.2, -0.15) is 0 Å². The lowest BCUT2D eigenvalue weighted by Crippen LogP contribution is -3.00. The number of unbranched alkanes of at least 4 members (excludes halogenated alkanes) is 3. The van der Waals surface area contributed by atoms with Gasteiger partial charge in [-0.25, -0.2) is 4.90 Å². The first-order chi connectivity index (χ1) is 15.1. The van der Waals surface area contributed by atoms with Crippen molar-refractivity contribution in [3.05, 3.63) is 64.7 Å². The topological polar surface area (TPSA) is 15.5 Å². The Kier molecular flexibility index (Phi) is 11.3. The lowest BCUT2D eigenvalue weighted by molar-refractivity contribution is -0.527. The molecule has 2 aromatic rings. The molecule has 0 radical (unpaired) electrons. The molecule has 0 atom stereocenters. The highest BCUT2D eigenvalue weighted by atomic mass is 127. The van der Waals surface area contributed by atoms with Crippen molar-refractivity contribution < 1.29 is 33.3 Å². The summed E-state index contributed by atoms with van der Waals surface area (Å²) in [7, 11) is 0. The third kappa shape index (κ3) is 7.65. The number of nitrogens with zero attached hydrogens (tertiary/aromatic N) is 2. The van der Waals surface area contributed by atoms with Gasteiger partial charge in [-0.05, 0) is 70.6 Å². The summed E-state index contributed by atoms with van der Waals surface area (Å²) in [6.45, 7) is 12.9. The maximum Gasteiger partial charge on any atom is 0.239 e. The number of ether oxygens (including phenoxy) is 1. The van der Waals surface area contributed by atoms with E-state index >= 15 is 0 Å². The molecule has 1 heterocycles. The Bertz CT molecular complexity index is 896. The van der Waals surface area contributed by atoms with Gasteiger partial charge in [0.05, 0.1) is 26.2 Å². The summed E-state index contributed by atoms with van der Waals surface area (Å²) >= 11 is 0. The number of halogens is 1. The summed E-state index contributed by atoms with van der Waals surface area (Å²) < 4.78 is 8.51. The number of anilines is 1. The lowest BCUT2D eigenvalue weighted by Gasteiger charge is -2.23. The van der Waals surface area contributed by atoms with Crippen molar-refractivity contribution in [2.24, 2.45) is 0 Å². The Balaban J connectivity index is 0.00000363. The van der Waals surface area contributed by atoms with Crippen molar-refractivity contribution in [1.29, 1.82) is 0 Å². The second-order valence-corrected chi connectivity index (χ2v) is 8.75. The highest BCUT2D eigenvalue weighted by molar-refractivity contribution is 5.80. The van der Waals surface area contributed by atoms with Gasteiger partial charge in [-0.15, -0.1) is 0 Å². The number of rotatable bonds is 10. The summed E-state index contributed by atoms with van der Waals surface area (Å²) in [5.41, 5.74) is 6.67. The van der Waals surface area contributed by atoms with Gasteiger partial charge in [-0.3, -0.25) is 4.58 Å². The molecule has 0 amide bonds. The predicted octanol–water partition coefficient (Wildman–Crippen LogP) is 3.54. The summed E-state index contributed by atoms with van der Waals surface area (Å²) in [6.07, 6.45) is 12.6. The molecule has 4 heteroatoms. The standard InChI is InChI=1S/C28H39N2O.HI/c1-5-13-26-14-8-9-15-27(26)31-19-11-7-6-10-16-29-17-12-18-30(22-29)28-24(3)20-23(2)21-25(28)4;/h5,8-9,13-15,20-22H,6-7,10-12,16-19H2,1-4H3;1H/q+1;/p-1/b13-5+;. The highest BCUT2D eigenvalue weighted by Gasteiger charge is 2.22. The molecule has 174 valence electrons. The number of allylic oxidation sites excluding steroid dienone is 1. The largest absolute Gasteiger partial charge is 1.00 e. The van der Waals surface area contributed by atoms with Crippen LogP contribution in [0.15, 0.2) is 42.5 Å². The number of hydrogen-bond acceptors (Lipinski definition) is 2. The van der Waals surface area contributed by atoms with E-state index in [0.717, 1.165) is 37.4 Å². The highest BCUT2D eigenvalue weighted by Crippen LogP contribution is 2.26. The van der Waals surface area contributed by atoms with E-state index in [-0.39, 0.29) is 24.0 Å². The molecule has 1 aliphatic rings. The number of benzene rings is 2. The molecule has 0 aliphatic carbocycles. The first kappa shape index (κ1) is 26.4. The molecule has 0 unspecified atom stereocenters. The molecule has 3 rings (SSSR count). The third-order valence-electron chi connectivity index (χ3n) is 5.93. The van der Waals surface area contributed by atoms with Crippen molar-refractivity contribution >= 4 is 18.1 Å². The first-order valence-electron chi connectivity index (χ1n) is 11.9. The van der Waals surface area contributed by atoms with Crippen LogP contribution >= 0.6 is 0 Å². The van der Waals surface area contributed by atoms with Crippen LogP contribution in [0.3, 0.4) is 0 Å². The summed E-state index contributed by atoms with van der Waals surface area (Å²) in [5, 5.41) is 0. The van der Waals surface area contributed by atoms with Crippen LogP contribution in [0.25, 0.3) is 6.08 Å². The fourth-order valence-electron chi connectivity index (χ4n) is 4.60. The maximum atomic E-state index is 6.01. The van der Waals surface area contributed by atoms with Crippen molar-refractivity contribution in [3.63, 3.8) is 0 Å². The van der Waals surface area contributed by atoms with Gasteiger partial charge in [0.15, 0.2) is 0 Å². The predicted molar refractivity (Wildman–Crippen MR) is 134 cm³/mol. The average Bonchev–Trinajstić information content (AvgIpc) is 2.74. The Morgan fingerprint density at radius 3 is 2.47 bits per heavy atom. The zero-order valence-corrected chi connectivity index (χ0v) is 22.4. The van der Waals surface area contributed by atoms with Gasteiger partial charge < -0.3 is 28.7 Å². The minimum absolute atomic E-state index is 0. The van der Waals surface area contributed by atoms with E-state index in [9.17, 15) is 0 Å². The number of para-hydroxylation sites is 1. The Hall–Kier alpha value is -1.82. The SMILES string of the molecule is C/C=C/c1ccccc1OCCCCCC[N+]1=CN(c2c(C)cc(C)cc2C)CCC1.[I-]. The molecule has 0 saturated heterocycles. The fourth-order valence-corrected chi connectivity index (χ4v) is 4.60. The van der Waals surface area contributed by atoms with Gasteiger partial charge in [0, 0.05) is 12.0 Å². The van der Waals surface area contributed by atoms with E-state index < -0.39 is 0 Å². The van der Waals surface area contributed by atoms with E-state index in [4.69, 9.17) is 4.74 Å². The van der Waals surface area contributed by atoms with Crippen molar-refractivity contribution in [3.8, 4) is 5.75 Å². The molecule has 3 nitrogen and oxygen atoms in total. The average molecular weight is 547 g/mol. The van der Waals surface area contributed by atoms with Crippen molar-refractivity contribution in [2.75, 3.05) is 31.1 Å². The quantitative estimate of drug-likeness (QED) is 0.258. The van der Waals surface area contributed by atoms with Crippen LogP contribution in [-0.2, 0) is 0 Å². The molecule has 0 bridgehead atoms. The monoisotopic (exact) mass is 546 g/mol. The van der Waals surface area contributed by atoms with Crippen LogP contribution in [0, 0.1) is 20.8 Å². The first-order valence-corrected chi connectivity index (χ1v) is 11.9. The molecule has 0 saturated carbocycles.